The van der Waals surface area contributed by atoms with Crippen molar-refractivity contribution in [2.45, 2.75) is 13.5 Å². The van der Waals surface area contributed by atoms with Crippen molar-refractivity contribution < 1.29 is 4.74 Å². The Labute approximate surface area is 108 Å². The van der Waals surface area contributed by atoms with Crippen molar-refractivity contribution in [3.05, 3.63) is 30.1 Å². The summed E-state index contributed by atoms with van der Waals surface area (Å²) in [6.45, 7) is 4.79. The normalized spacial score (nSPS) is 11.4. The highest BCUT2D eigenvalue weighted by Crippen LogP contribution is 2.03. The number of pyridine rings is 1. The highest BCUT2D eigenvalue weighted by atomic mass is 16.5. The number of hydrazine groups is 1. The third-order valence-electron chi connectivity index (χ3n) is 2.49. The summed E-state index contributed by atoms with van der Waals surface area (Å²) in [5, 5.41) is 0. The molecule has 18 heavy (non-hydrogen) atoms. The molecule has 0 aromatic carbocycles. The molecule has 1 aromatic heterocycles. The third-order valence-corrected chi connectivity index (χ3v) is 2.49. The SMILES string of the molecule is CCN(Cc1ccncc1)C(=NCCOC)NN. The van der Waals surface area contributed by atoms with E-state index in [1.807, 2.05) is 12.1 Å². The van der Waals surface area contributed by atoms with Gasteiger partial charge in [-0.05, 0) is 24.6 Å². The fourth-order valence-corrected chi connectivity index (χ4v) is 1.52. The minimum atomic E-state index is 0.581. The van der Waals surface area contributed by atoms with E-state index in [9.17, 15) is 0 Å². The van der Waals surface area contributed by atoms with Gasteiger partial charge in [-0.2, -0.15) is 0 Å². The molecule has 1 heterocycles. The van der Waals surface area contributed by atoms with Crippen LogP contribution in [0.5, 0.6) is 0 Å². The molecule has 0 bridgehead atoms. The van der Waals surface area contributed by atoms with Crippen molar-refractivity contribution in [3.63, 3.8) is 0 Å². The van der Waals surface area contributed by atoms with Gasteiger partial charge in [0.05, 0.1) is 13.2 Å². The van der Waals surface area contributed by atoms with Crippen LogP contribution in [0, 0.1) is 0 Å². The molecule has 1 rings (SSSR count). The molecule has 0 aliphatic rings. The van der Waals surface area contributed by atoms with Crippen LogP contribution in [0.2, 0.25) is 0 Å². The summed E-state index contributed by atoms with van der Waals surface area (Å²) in [7, 11) is 1.65. The van der Waals surface area contributed by atoms with Crippen LogP contribution in [0.15, 0.2) is 29.5 Å². The number of aliphatic imine (C=N–C) groups is 1. The van der Waals surface area contributed by atoms with Gasteiger partial charge in [-0.25, -0.2) is 10.8 Å². The Balaban J connectivity index is 2.65. The van der Waals surface area contributed by atoms with Crippen LogP contribution < -0.4 is 11.3 Å². The van der Waals surface area contributed by atoms with Gasteiger partial charge >= 0.3 is 0 Å². The Hall–Kier alpha value is -1.66. The van der Waals surface area contributed by atoms with E-state index in [4.69, 9.17) is 10.6 Å². The first-order valence-electron chi connectivity index (χ1n) is 5.95. The van der Waals surface area contributed by atoms with E-state index in [0.717, 1.165) is 13.1 Å². The van der Waals surface area contributed by atoms with Gasteiger partial charge in [0.2, 0.25) is 5.96 Å². The van der Waals surface area contributed by atoms with Gasteiger partial charge in [0.15, 0.2) is 0 Å². The van der Waals surface area contributed by atoms with E-state index in [1.54, 1.807) is 19.5 Å². The van der Waals surface area contributed by atoms with Crippen LogP contribution in [0.25, 0.3) is 0 Å². The Bertz CT molecular complexity index is 355. The summed E-state index contributed by atoms with van der Waals surface area (Å²) in [4.78, 5) is 10.4. The number of aromatic nitrogens is 1. The zero-order valence-electron chi connectivity index (χ0n) is 11.0. The average molecular weight is 251 g/mol. The molecule has 0 aliphatic carbocycles. The molecule has 6 nitrogen and oxygen atoms in total. The van der Waals surface area contributed by atoms with E-state index in [-0.39, 0.29) is 0 Å². The number of nitrogens with one attached hydrogen (secondary N) is 1. The molecule has 0 atom stereocenters. The second-order valence-corrected chi connectivity index (χ2v) is 3.71. The monoisotopic (exact) mass is 251 g/mol. The lowest BCUT2D eigenvalue weighted by molar-refractivity contribution is 0.207. The fraction of sp³-hybridized carbons (Fsp3) is 0.500. The van der Waals surface area contributed by atoms with Crippen LogP contribution in [-0.4, -0.2) is 42.6 Å². The molecule has 0 saturated carbocycles. The highest BCUT2D eigenvalue weighted by molar-refractivity contribution is 5.79. The second kappa shape index (κ2) is 8.43. The molecule has 0 radical (unpaired) electrons. The predicted octanol–water partition coefficient (Wildman–Crippen LogP) is 0.369. The Morgan fingerprint density at radius 1 is 1.50 bits per heavy atom. The number of hydrogen-bond acceptors (Lipinski definition) is 4. The van der Waals surface area contributed by atoms with E-state index >= 15 is 0 Å². The summed E-state index contributed by atoms with van der Waals surface area (Å²) in [5.74, 6) is 6.18. The highest BCUT2D eigenvalue weighted by Gasteiger charge is 2.08. The van der Waals surface area contributed by atoms with Crippen molar-refractivity contribution in [1.82, 2.24) is 15.3 Å². The van der Waals surface area contributed by atoms with Crippen molar-refractivity contribution in [3.8, 4) is 0 Å². The zero-order chi connectivity index (χ0) is 13.2. The quantitative estimate of drug-likeness (QED) is 0.251. The molecule has 6 heteroatoms. The molecular weight excluding hydrogens is 230 g/mol. The molecule has 0 unspecified atom stereocenters. The maximum Gasteiger partial charge on any atom is 0.208 e. The molecule has 0 spiro atoms. The van der Waals surface area contributed by atoms with Crippen molar-refractivity contribution >= 4 is 5.96 Å². The van der Waals surface area contributed by atoms with Crippen LogP contribution in [0.1, 0.15) is 12.5 Å². The molecule has 100 valence electrons. The molecule has 0 amide bonds. The number of hydrogen-bond donors (Lipinski definition) is 2. The third kappa shape index (κ3) is 4.68. The van der Waals surface area contributed by atoms with Crippen LogP contribution >= 0.6 is 0 Å². The first-order valence-corrected chi connectivity index (χ1v) is 5.95. The summed E-state index contributed by atoms with van der Waals surface area (Å²) in [6, 6.07) is 3.96. The summed E-state index contributed by atoms with van der Waals surface area (Å²) in [5.41, 5.74) is 3.81. The summed E-state index contributed by atoms with van der Waals surface area (Å²) < 4.78 is 4.97. The van der Waals surface area contributed by atoms with Gasteiger partial charge in [0, 0.05) is 32.6 Å². The lowest BCUT2D eigenvalue weighted by Gasteiger charge is -2.24. The van der Waals surface area contributed by atoms with Gasteiger partial charge < -0.3 is 9.64 Å². The standard InChI is InChI=1S/C12H21N5O/c1-3-17(10-11-4-6-14-7-5-11)12(16-13)15-8-9-18-2/h4-7H,3,8-10,13H2,1-2H3,(H,15,16). The Kier molecular flexibility index (Phi) is 6.75. The molecule has 3 N–H and O–H groups in total. The van der Waals surface area contributed by atoms with Gasteiger partial charge in [-0.3, -0.25) is 10.4 Å². The fourth-order valence-electron chi connectivity index (χ4n) is 1.52. The van der Waals surface area contributed by atoms with Crippen molar-refractivity contribution in [2.75, 3.05) is 26.8 Å². The zero-order valence-corrected chi connectivity index (χ0v) is 11.0. The smallest absolute Gasteiger partial charge is 0.208 e. The van der Waals surface area contributed by atoms with Crippen LogP contribution in [-0.2, 0) is 11.3 Å². The molecule has 0 aliphatic heterocycles. The Morgan fingerprint density at radius 3 is 2.78 bits per heavy atom. The van der Waals surface area contributed by atoms with E-state index in [1.165, 1.54) is 5.56 Å². The molecule has 0 saturated heterocycles. The number of guanidine groups is 1. The van der Waals surface area contributed by atoms with E-state index < -0.39 is 0 Å². The van der Waals surface area contributed by atoms with E-state index in [0.29, 0.717) is 19.1 Å². The number of nitrogens with two attached hydrogens (primary N) is 1. The van der Waals surface area contributed by atoms with Crippen LogP contribution in [0.3, 0.4) is 0 Å². The number of methoxy groups -OCH3 is 1. The van der Waals surface area contributed by atoms with Gasteiger partial charge in [0.25, 0.3) is 0 Å². The van der Waals surface area contributed by atoms with Crippen molar-refractivity contribution in [2.24, 2.45) is 10.8 Å². The summed E-state index contributed by atoms with van der Waals surface area (Å²) >= 11 is 0. The number of ether oxygens (including phenoxy) is 1. The maximum atomic E-state index is 5.51. The molecular formula is C12H21N5O. The minimum Gasteiger partial charge on any atom is -0.383 e. The predicted molar refractivity (Wildman–Crippen MR) is 71.8 cm³/mol. The average Bonchev–Trinajstić information content (AvgIpc) is 2.43. The lowest BCUT2D eigenvalue weighted by Crippen LogP contribution is -2.44. The first kappa shape index (κ1) is 14.4. The lowest BCUT2D eigenvalue weighted by atomic mass is 10.2. The van der Waals surface area contributed by atoms with Gasteiger partial charge in [0.1, 0.15) is 0 Å². The van der Waals surface area contributed by atoms with Crippen LogP contribution in [0.4, 0.5) is 0 Å². The molecule has 0 fully saturated rings. The van der Waals surface area contributed by atoms with Crippen molar-refractivity contribution in [1.29, 1.82) is 0 Å². The van der Waals surface area contributed by atoms with Gasteiger partial charge in [-0.1, -0.05) is 0 Å². The number of rotatable bonds is 6. The topological polar surface area (TPSA) is 75.8 Å². The minimum absolute atomic E-state index is 0.581. The number of nitrogens with zero attached hydrogens (tertiary/aromatic N) is 3. The largest absolute Gasteiger partial charge is 0.383 e. The van der Waals surface area contributed by atoms with Gasteiger partial charge in [-0.15, -0.1) is 0 Å². The second-order valence-electron chi connectivity index (χ2n) is 3.71. The maximum absolute atomic E-state index is 5.51. The molecule has 1 aromatic rings. The first-order chi connectivity index (χ1) is 8.81. The Morgan fingerprint density at radius 2 is 2.22 bits per heavy atom. The van der Waals surface area contributed by atoms with E-state index in [2.05, 4.69) is 27.2 Å². The summed E-state index contributed by atoms with van der Waals surface area (Å²) in [6.07, 6.45) is 3.56.